The minimum Gasteiger partial charge on any atom is -0.297 e. The molecule has 1 N–H and O–H groups in total. The van der Waals surface area contributed by atoms with Crippen molar-refractivity contribution in [3.63, 3.8) is 0 Å². The van der Waals surface area contributed by atoms with E-state index in [2.05, 4.69) is 4.98 Å². The van der Waals surface area contributed by atoms with Crippen LogP contribution in [0.1, 0.15) is 24.5 Å². The predicted octanol–water partition coefficient (Wildman–Crippen LogP) is 2.66. The van der Waals surface area contributed by atoms with E-state index in [0.29, 0.717) is 17.7 Å². The van der Waals surface area contributed by atoms with Crippen molar-refractivity contribution in [3.8, 4) is 11.8 Å². The fourth-order valence-corrected chi connectivity index (χ4v) is 2.45. The Balaban J connectivity index is 2.73. The van der Waals surface area contributed by atoms with Crippen molar-refractivity contribution < 1.29 is 0 Å². The highest BCUT2D eigenvalue weighted by atomic mass is 35.5. The first-order valence-electron chi connectivity index (χ1n) is 6.23. The quantitative estimate of drug-likeness (QED) is 0.882. The van der Waals surface area contributed by atoms with Crippen molar-refractivity contribution >= 4 is 23.2 Å². The van der Waals surface area contributed by atoms with Crippen LogP contribution in [0.3, 0.4) is 0 Å². The van der Waals surface area contributed by atoms with Gasteiger partial charge in [0.05, 0.1) is 21.8 Å². The van der Waals surface area contributed by atoms with Crippen molar-refractivity contribution in [1.82, 2.24) is 9.55 Å². The Hall–Kier alpha value is -2.03. The molecule has 2 aromatic rings. The van der Waals surface area contributed by atoms with E-state index in [1.165, 1.54) is 18.2 Å². The number of aromatic nitrogens is 2. The van der Waals surface area contributed by atoms with Crippen molar-refractivity contribution in [2.75, 3.05) is 0 Å². The average Bonchev–Trinajstić information content (AvgIpc) is 2.43. The molecule has 0 saturated heterocycles. The molecule has 2 rings (SSSR count). The van der Waals surface area contributed by atoms with Gasteiger partial charge in [0.2, 0.25) is 0 Å². The third-order valence-electron chi connectivity index (χ3n) is 2.98. The Morgan fingerprint density at radius 2 is 2.05 bits per heavy atom. The third kappa shape index (κ3) is 2.87. The Kier molecular flexibility index (Phi) is 4.51. The SMILES string of the molecule is CCCc1c(Cl)[nH]c(=O)n(-c2ccc(C#N)c(Cl)c2)c1=O. The summed E-state index contributed by atoms with van der Waals surface area (Å²) in [4.78, 5) is 26.9. The van der Waals surface area contributed by atoms with Gasteiger partial charge in [-0.1, -0.05) is 36.5 Å². The lowest BCUT2D eigenvalue weighted by atomic mass is 10.2. The van der Waals surface area contributed by atoms with Gasteiger partial charge in [-0.3, -0.25) is 9.78 Å². The normalized spacial score (nSPS) is 10.4. The molecule has 0 bridgehead atoms. The fraction of sp³-hybridized carbons (Fsp3) is 0.214. The smallest absolute Gasteiger partial charge is 0.297 e. The van der Waals surface area contributed by atoms with Gasteiger partial charge in [0, 0.05) is 0 Å². The minimum atomic E-state index is -0.648. The first kappa shape index (κ1) is 15.4. The molecule has 21 heavy (non-hydrogen) atoms. The zero-order chi connectivity index (χ0) is 15.6. The standard InChI is InChI=1S/C14H11Cl2N3O2/c1-2-3-10-12(16)18-14(21)19(13(10)20)9-5-4-8(7-17)11(15)6-9/h4-6H,2-3H2,1H3,(H,18,21). The highest BCUT2D eigenvalue weighted by molar-refractivity contribution is 6.32. The number of H-pyrrole nitrogens is 1. The molecule has 0 atom stereocenters. The van der Waals surface area contributed by atoms with Crippen LogP contribution >= 0.6 is 23.2 Å². The summed E-state index contributed by atoms with van der Waals surface area (Å²) in [7, 11) is 0. The van der Waals surface area contributed by atoms with Crippen LogP contribution in [0.25, 0.3) is 5.69 Å². The largest absolute Gasteiger partial charge is 0.334 e. The summed E-state index contributed by atoms with van der Waals surface area (Å²) in [6.07, 6.45) is 1.17. The molecule has 0 aliphatic heterocycles. The van der Waals surface area contributed by atoms with Gasteiger partial charge in [0.15, 0.2) is 0 Å². The summed E-state index contributed by atoms with van der Waals surface area (Å²) in [5.74, 6) is 0. The van der Waals surface area contributed by atoms with Crippen molar-refractivity contribution in [2.45, 2.75) is 19.8 Å². The van der Waals surface area contributed by atoms with Gasteiger partial charge in [-0.2, -0.15) is 5.26 Å². The maximum absolute atomic E-state index is 12.4. The molecule has 0 saturated carbocycles. The van der Waals surface area contributed by atoms with Gasteiger partial charge >= 0.3 is 5.69 Å². The molecule has 0 aliphatic rings. The lowest BCUT2D eigenvalue weighted by Crippen LogP contribution is -2.36. The maximum Gasteiger partial charge on any atom is 0.334 e. The number of hydrogen-bond donors (Lipinski definition) is 1. The lowest BCUT2D eigenvalue weighted by molar-refractivity contribution is 0.812. The van der Waals surface area contributed by atoms with Gasteiger partial charge in [0.25, 0.3) is 5.56 Å². The second kappa shape index (κ2) is 6.17. The average molecular weight is 324 g/mol. The van der Waals surface area contributed by atoms with Crippen LogP contribution in [-0.4, -0.2) is 9.55 Å². The van der Waals surface area contributed by atoms with E-state index in [4.69, 9.17) is 28.5 Å². The summed E-state index contributed by atoms with van der Waals surface area (Å²) in [5, 5.41) is 9.08. The molecule has 0 unspecified atom stereocenters. The molecule has 0 aliphatic carbocycles. The summed E-state index contributed by atoms with van der Waals surface area (Å²) in [6, 6.07) is 6.27. The Morgan fingerprint density at radius 1 is 1.33 bits per heavy atom. The van der Waals surface area contributed by atoms with E-state index < -0.39 is 11.2 Å². The van der Waals surface area contributed by atoms with Gasteiger partial charge in [0.1, 0.15) is 11.2 Å². The Morgan fingerprint density at radius 3 is 2.62 bits per heavy atom. The molecule has 1 aromatic carbocycles. The van der Waals surface area contributed by atoms with Crippen LogP contribution < -0.4 is 11.2 Å². The van der Waals surface area contributed by atoms with Gasteiger partial charge in [-0.15, -0.1) is 0 Å². The topological polar surface area (TPSA) is 78.7 Å². The number of nitrogens with zero attached hydrogens (tertiary/aromatic N) is 2. The van der Waals surface area contributed by atoms with E-state index in [1.807, 2.05) is 13.0 Å². The second-order valence-electron chi connectivity index (χ2n) is 4.39. The number of halogens is 2. The van der Waals surface area contributed by atoms with E-state index in [-0.39, 0.29) is 15.7 Å². The molecule has 1 aromatic heterocycles. The number of rotatable bonds is 3. The van der Waals surface area contributed by atoms with E-state index in [9.17, 15) is 9.59 Å². The molecule has 0 amide bonds. The fourth-order valence-electron chi connectivity index (χ4n) is 1.98. The van der Waals surface area contributed by atoms with Crippen LogP contribution in [0.15, 0.2) is 27.8 Å². The van der Waals surface area contributed by atoms with Crippen molar-refractivity contribution in [1.29, 1.82) is 5.26 Å². The monoisotopic (exact) mass is 323 g/mol. The van der Waals surface area contributed by atoms with Crippen LogP contribution in [0, 0.1) is 11.3 Å². The molecule has 5 nitrogen and oxygen atoms in total. The van der Waals surface area contributed by atoms with Crippen LogP contribution in [0.4, 0.5) is 0 Å². The van der Waals surface area contributed by atoms with Crippen LogP contribution in [-0.2, 0) is 6.42 Å². The number of hydrogen-bond acceptors (Lipinski definition) is 3. The first-order chi connectivity index (χ1) is 9.99. The van der Waals surface area contributed by atoms with E-state index in [1.54, 1.807) is 0 Å². The second-order valence-corrected chi connectivity index (χ2v) is 5.17. The summed E-state index contributed by atoms with van der Waals surface area (Å²) in [6.45, 7) is 1.91. The highest BCUT2D eigenvalue weighted by Gasteiger charge is 2.14. The first-order valence-corrected chi connectivity index (χ1v) is 6.99. The summed E-state index contributed by atoms with van der Waals surface area (Å²) >= 11 is 11.9. The van der Waals surface area contributed by atoms with E-state index >= 15 is 0 Å². The molecule has 0 fully saturated rings. The van der Waals surface area contributed by atoms with Gasteiger partial charge in [-0.25, -0.2) is 9.36 Å². The number of aromatic amines is 1. The Labute approximate surface area is 130 Å². The number of nitrogens with one attached hydrogen (secondary N) is 1. The van der Waals surface area contributed by atoms with Gasteiger partial charge in [-0.05, 0) is 24.6 Å². The Bertz CT molecular complexity index is 847. The van der Waals surface area contributed by atoms with Crippen molar-refractivity contribution in [2.24, 2.45) is 0 Å². The van der Waals surface area contributed by atoms with Crippen LogP contribution in [0.5, 0.6) is 0 Å². The molecular formula is C14H11Cl2N3O2. The van der Waals surface area contributed by atoms with Gasteiger partial charge < -0.3 is 0 Å². The lowest BCUT2D eigenvalue weighted by Gasteiger charge is -2.09. The summed E-state index contributed by atoms with van der Waals surface area (Å²) in [5.41, 5.74) is -0.219. The molecule has 0 spiro atoms. The third-order valence-corrected chi connectivity index (χ3v) is 3.61. The highest BCUT2D eigenvalue weighted by Crippen LogP contribution is 2.18. The molecule has 7 heteroatoms. The number of nitriles is 1. The molecule has 108 valence electrons. The minimum absolute atomic E-state index is 0.0582. The molecule has 0 radical (unpaired) electrons. The predicted molar refractivity (Wildman–Crippen MR) is 81.4 cm³/mol. The molecular weight excluding hydrogens is 313 g/mol. The zero-order valence-electron chi connectivity index (χ0n) is 11.1. The van der Waals surface area contributed by atoms with E-state index in [0.717, 1.165) is 11.0 Å². The summed E-state index contributed by atoms with van der Waals surface area (Å²) < 4.78 is 0.962. The zero-order valence-corrected chi connectivity index (χ0v) is 12.6. The van der Waals surface area contributed by atoms with Crippen molar-refractivity contribution in [3.05, 3.63) is 60.3 Å². The molecule has 1 heterocycles. The van der Waals surface area contributed by atoms with Crippen LogP contribution in [0.2, 0.25) is 10.2 Å². The number of benzene rings is 1. The maximum atomic E-state index is 12.4.